The van der Waals surface area contributed by atoms with Gasteiger partial charge in [0, 0.05) is 18.8 Å². The summed E-state index contributed by atoms with van der Waals surface area (Å²) < 4.78 is 0. The molecule has 1 aromatic carbocycles. The molecule has 94 valence electrons. The molecule has 2 heteroatoms. The average Bonchev–Trinajstić information content (AvgIpc) is 2.39. The molecule has 17 heavy (non-hydrogen) atoms. The predicted octanol–water partition coefficient (Wildman–Crippen LogP) is 3.11. The van der Waals surface area contributed by atoms with Crippen LogP contribution in [-0.4, -0.2) is 18.2 Å². The summed E-state index contributed by atoms with van der Waals surface area (Å²) in [6.07, 6.45) is 3.95. The molecular formula is C15H23NO. The molecule has 1 aliphatic rings. The van der Waals surface area contributed by atoms with Gasteiger partial charge in [0.2, 0.25) is 0 Å². The highest BCUT2D eigenvalue weighted by molar-refractivity contribution is 5.51. The third-order valence-corrected chi connectivity index (χ3v) is 4.05. The predicted molar refractivity (Wildman–Crippen MR) is 72.3 cm³/mol. The van der Waals surface area contributed by atoms with E-state index in [0.717, 1.165) is 11.5 Å². The topological polar surface area (TPSA) is 23.5 Å². The Balaban J connectivity index is 2.06. The van der Waals surface area contributed by atoms with Crippen LogP contribution in [0, 0.1) is 12.8 Å². The van der Waals surface area contributed by atoms with Crippen LogP contribution in [0.4, 0.5) is 5.69 Å². The van der Waals surface area contributed by atoms with Gasteiger partial charge in [-0.05, 0) is 48.9 Å². The zero-order chi connectivity index (χ0) is 12.3. The third-order valence-electron chi connectivity index (χ3n) is 4.05. The SMILES string of the molecule is CCC1CCN(c2ccc(CO)c(C)c2)CC1. The number of hydrogen-bond donors (Lipinski definition) is 1. The van der Waals surface area contributed by atoms with Gasteiger partial charge in [0.15, 0.2) is 0 Å². The standard InChI is InChI=1S/C15H23NO/c1-3-13-6-8-16(9-7-13)15-5-4-14(11-17)12(2)10-15/h4-5,10,13,17H,3,6-9,11H2,1-2H3. The monoisotopic (exact) mass is 233 g/mol. The Morgan fingerprint density at radius 2 is 2.00 bits per heavy atom. The quantitative estimate of drug-likeness (QED) is 0.867. The Morgan fingerprint density at radius 3 is 2.53 bits per heavy atom. The summed E-state index contributed by atoms with van der Waals surface area (Å²) >= 11 is 0. The highest BCUT2D eigenvalue weighted by Gasteiger charge is 2.18. The molecule has 1 N–H and O–H groups in total. The first kappa shape index (κ1) is 12.4. The van der Waals surface area contributed by atoms with Gasteiger partial charge < -0.3 is 10.0 Å². The summed E-state index contributed by atoms with van der Waals surface area (Å²) in [6.45, 7) is 6.87. The lowest BCUT2D eigenvalue weighted by Gasteiger charge is -2.33. The van der Waals surface area contributed by atoms with E-state index in [1.807, 2.05) is 0 Å². The summed E-state index contributed by atoms with van der Waals surface area (Å²) in [6, 6.07) is 6.40. The first-order valence-corrected chi connectivity index (χ1v) is 6.70. The Hall–Kier alpha value is -1.02. The Morgan fingerprint density at radius 1 is 1.29 bits per heavy atom. The lowest BCUT2D eigenvalue weighted by molar-refractivity contribution is 0.281. The maximum absolute atomic E-state index is 9.17. The Labute approximate surface area is 104 Å². The normalized spacial score (nSPS) is 17.5. The average molecular weight is 233 g/mol. The van der Waals surface area contributed by atoms with Crippen molar-refractivity contribution in [3.63, 3.8) is 0 Å². The van der Waals surface area contributed by atoms with Crippen molar-refractivity contribution in [3.05, 3.63) is 29.3 Å². The van der Waals surface area contributed by atoms with E-state index in [4.69, 9.17) is 0 Å². The van der Waals surface area contributed by atoms with Crippen molar-refractivity contribution >= 4 is 5.69 Å². The fraction of sp³-hybridized carbons (Fsp3) is 0.600. The van der Waals surface area contributed by atoms with Gasteiger partial charge >= 0.3 is 0 Å². The van der Waals surface area contributed by atoms with Crippen LogP contribution >= 0.6 is 0 Å². The smallest absolute Gasteiger partial charge is 0.0684 e. The lowest BCUT2D eigenvalue weighted by atomic mass is 9.94. The minimum atomic E-state index is 0.143. The molecular weight excluding hydrogens is 210 g/mol. The minimum absolute atomic E-state index is 0.143. The van der Waals surface area contributed by atoms with Gasteiger partial charge in [-0.25, -0.2) is 0 Å². The lowest BCUT2D eigenvalue weighted by Crippen LogP contribution is -2.33. The second kappa shape index (κ2) is 5.54. The molecule has 1 aliphatic heterocycles. The maximum Gasteiger partial charge on any atom is 0.0684 e. The van der Waals surface area contributed by atoms with E-state index < -0.39 is 0 Å². The van der Waals surface area contributed by atoms with Crippen molar-refractivity contribution < 1.29 is 5.11 Å². The fourth-order valence-electron chi connectivity index (χ4n) is 2.65. The summed E-state index contributed by atoms with van der Waals surface area (Å²) in [7, 11) is 0. The summed E-state index contributed by atoms with van der Waals surface area (Å²) in [5, 5.41) is 9.17. The van der Waals surface area contributed by atoms with E-state index in [-0.39, 0.29) is 6.61 Å². The molecule has 2 rings (SSSR count). The first-order valence-electron chi connectivity index (χ1n) is 6.70. The number of aliphatic hydroxyl groups is 1. The van der Waals surface area contributed by atoms with E-state index in [0.29, 0.717) is 0 Å². The van der Waals surface area contributed by atoms with Crippen molar-refractivity contribution in [2.75, 3.05) is 18.0 Å². The molecule has 0 saturated carbocycles. The molecule has 0 atom stereocenters. The van der Waals surface area contributed by atoms with Crippen LogP contribution < -0.4 is 4.90 Å². The van der Waals surface area contributed by atoms with Crippen LogP contribution in [0.1, 0.15) is 37.3 Å². The number of anilines is 1. The zero-order valence-corrected chi connectivity index (χ0v) is 10.9. The largest absolute Gasteiger partial charge is 0.392 e. The highest BCUT2D eigenvalue weighted by Crippen LogP contribution is 2.26. The van der Waals surface area contributed by atoms with E-state index >= 15 is 0 Å². The van der Waals surface area contributed by atoms with Crippen LogP contribution in [0.2, 0.25) is 0 Å². The van der Waals surface area contributed by atoms with Gasteiger partial charge in [0.05, 0.1) is 6.61 Å². The molecule has 1 saturated heterocycles. The first-order chi connectivity index (χ1) is 8.24. The number of benzene rings is 1. The van der Waals surface area contributed by atoms with Gasteiger partial charge in [-0.1, -0.05) is 19.4 Å². The van der Waals surface area contributed by atoms with Crippen molar-refractivity contribution in [1.29, 1.82) is 0 Å². The summed E-state index contributed by atoms with van der Waals surface area (Å²) in [5.74, 6) is 0.920. The van der Waals surface area contributed by atoms with E-state index in [9.17, 15) is 5.11 Å². The molecule has 1 fully saturated rings. The van der Waals surface area contributed by atoms with Crippen molar-refractivity contribution in [2.45, 2.75) is 39.7 Å². The van der Waals surface area contributed by atoms with E-state index in [1.54, 1.807) is 0 Å². The number of aryl methyl sites for hydroxylation is 1. The molecule has 1 aromatic rings. The third kappa shape index (κ3) is 2.81. The van der Waals surface area contributed by atoms with Crippen LogP contribution in [0.5, 0.6) is 0 Å². The fourth-order valence-corrected chi connectivity index (χ4v) is 2.65. The summed E-state index contributed by atoms with van der Waals surface area (Å²) in [4.78, 5) is 2.47. The van der Waals surface area contributed by atoms with Gasteiger partial charge in [-0.3, -0.25) is 0 Å². The number of nitrogens with zero attached hydrogens (tertiary/aromatic N) is 1. The zero-order valence-electron chi connectivity index (χ0n) is 10.9. The highest BCUT2D eigenvalue weighted by atomic mass is 16.3. The summed E-state index contributed by atoms with van der Waals surface area (Å²) in [5.41, 5.74) is 3.55. The van der Waals surface area contributed by atoms with E-state index in [1.165, 1.54) is 43.6 Å². The van der Waals surface area contributed by atoms with Gasteiger partial charge in [0.1, 0.15) is 0 Å². The number of aliphatic hydroxyl groups excluding tert-OH is 1. The van der Waals surface area contributed by atoms with Gasteiger partial charge in [-0.15, -0.1) is 0 Å². The Kier molecular flexibility index (Phi) is 4.06. The molecule has 2 nitrogen and oxygen atoms in total. The van der Waals surface area contributed by atoms with Gasteiger partial charge in [0.25, 0.3) is 0 Å². The van der Waals surface area contributed by atoms with Crippen molar-refractivity contribution in [2.24, 2.45) is 5.92 Å². The van der Waals surface area contributed by atoms with Crippen LogP contribution in [0.25, 0.3) is 0 Å². The minimum Gasteiger partial charge on any atom is -0.392 e. The second-order valence-corrected chi connectivity index (χ2v) is 5.11. The van der Waals surface area contributed by atoms with Crippen LogP contribution in [0.15, 0.2) is 18.2 Å². The van der Waals surface area contributed by atoms with Crippen LogP contribution in [0.3, 0.4) is 0 Å². The van der Waals surface area contributed by atoms with Crippen molar-refractivity contribution in [1.82, 2.24) is 0 Å². The number of hydrogen-bond acceptors (Lipinski definition) is 2. The molecule has 0 amide bonds. The molecule has 0 bridgehead atoms. The Bertz CT molecular complexity index is 367. The molecule has 0 unspecified atom stereocenters. The molecule has 0 spiro atoms. The van der Waals surface area contributed by atoms with Crippen molar-refractivity contribution in [3.8, 4) is 0 Å². The number of rotatable bonds is 3. The molecule has 0 aromatic heterocycles. The molecule has 1 heterocycles. The molecule has 0 radical (unpaired) electrons. The molecule has 0 aliphatic carbocycles. The van der Waals surface area contributed by atoms with Gasteiger partial charge in [-0.2, -0.15) is 0 Å². The maximum atomic E-state index is 9.17. The van der Waals surface area contributed by atoms with Crippen LogP contribution in [-0.2, 0) is 6.61 Å². The van der Waals surface area contributed by atoms with E-state index in [2.05, 4.69) is 36.9 Å². The second-order valence-electron chi connectivity index (χ2n) is 5.11. The number of piperidine rings is 1.